The minimum absolute atomic E-state index is 0.0173. The molecule has 0 saturated heterocycles. The summed E-state index contributed by atoms with van der Waals surface area (Å²) in [5, 5.41) is 14.0. The summed E-state index contributed by atoms with van der Waals surface area (Å²) in [6.07, 6.45) is -2.73. The van der Waals surface area contributed by atoms with Crippen molar-refractivity contribution in [1.82, 2.24) is 29.9 Å². The van der Waals surface area contributed by atoms with Gasteiger partial charge in [-0.15, -0.1) is 10.2 Å². The van der Waals surface area contributed by atoms with Crippen molar-refractivity contribution >= 4 is 5.91 Å². The summed E-state index contributed by atoms with van der Waals surface area (Å²) in [7, 11) is 0. The fourth-order valence-corrected chi connectivity index (χ4v) is 2.66. The second-order valence-electron chi connectivity index (χ2n) is 5.72. The van der Waals surface area contributed by atoms with Crippen molar-refractivity contribution in [2.75, 3.05) is 0 Å². The van der Waals surface area contributed by atoms with E-state index in [-0.39, 0.29) is 38.3 Å². The number of carbonyl (C=O) groups is 1. The first-order valence-corrected chi connectivity index (χ1v) is 7.61. The van der Waals surface area contributed by atoms with E-state index in [4.69, 9.17) is 0 Å². The number of halogens is 3. The van der Waals surface area contributed by atoms with Crippen LogP contribution in [0.1, 0.15) is 18.1 Å². The third-order valence-electron chi connectivity index (χ3n) is 4.01. The molecule has 1 amide bonds. The number of hydrogen-bond donors (Lipinski definition) is 1. The van der Waals surface area contributed by atoms with Crippen LogP contribution in [0, 0.1) is 5.92 Å². The smallest absolute Gasteiger partial charge is 0.347 e. The Morgan fingerprint density at radius 3 is 2.88 bits per heavy atom. The molecule has 8 nitrogen and oxygen atoms in total. The van der Waals surface area contributed by atoms with Gasteiger partial charge in [-0.2, -0.15) is 18.3 Å². The highest BCUT2D eigenvalue weighted by Gasteiger charge is 2.42. The lowest BCUT2D eigenvalue weighted by Crippen LogP contribution is -2.35. The van der Waals surface area contributed by atoms with Gasteiger partial charge >= 0.3 is 6.18 Å². The van der Waals surface area contributed by atoms with Crippen molar-refractivity contribution in [3.63, 3.8) is 0 Å². The highest BCUT2D eigenvalue weighted by molar-refractivity contribution is 5.75. The quantitative estimate of drug-likeness (QED) is 0.849. The highest BCUT2D eigenvalue weighted by Crippen LogP contribution is 2.34. The third kappa shape index (κ3) is 3.86. The molecule has 1 atom stereocenters. The monoisotopic (exact) mass is 356 g/mol. The van der Waals surface area contributed by atoms with E-state index in [1.807, 2.05) is 0 Å². The summed E-state index contributed by atoms with van der Waals surface area (Å²) in [5.74, 6) is -1.21. The number of carbonyl (C=O) groups excluding carboxylic acids is 1. The largest absolute Gasteiger partial charge is 0.393 e. The molecule has 11 heteroatoms. The molecule has 0 saturated carbocycles. The van der Waals surface area contributed by atoms with E-state index in [0.29, 0.717) is 5.82 Å². The zero-order chi connectivity index (χ0) is 18.0. The van der Waals surface area contributed by atoms with Gasteiger partial charge in [-0.1, -0.05) is 0 Å². The summed E-state index contributed by atoms with van der Waals surface area (Å²) < 4.78 is 41.1. The number of aromatic nitrogens is 5. The molecule has 134 valence electrons. The zero-order valence-corrected chi connectivity index (χ0v) is 13.0. The van der Waals surface area contributed by atoms with Crippen LogP contribution in [-0.2, 0) is 30.8 Å². The van der Waals surface area contributed by atoms with E-state index in [1.54, 1.807) is 0 Å². The summed E-state index contributed by atoms with van der Waals surface area (Å²) in [6, 6.07) is 2.72. The first kappa shape index (κ1) is 17.1. The second-order valence-corrected chi connectivity index (χ2v) is 5.72. The minimum atomic E-state index is -4.28. The SMILES string of the molecule is O=C(Cn1ncccc1=O)NCc1nnc2n1C[C@H](C(F)(F)F)CC2. The number of hydrogen-bond acceptors (Lipinski definition) is 5. The molecular weight excluding hydrogens is 341 g/mol. The van der Waals surface area contributed by atoms with Gasteiger partial charge in [0.1, 0.15) is 12.4 Å². The topological polar surface area (TPSA) is 94.7 Å². The Morgan fingerprint density at radius 1 is 1.36 bits per heavy atom. The molecule has 3 rings (SSSR count). The van der Waals surface area contributed by atoms with Crippen LogP contribution in [-0.4, -0.2) is 36.6 Å². The van der Waals surface area contributed by atoms with Crippen LogP contribution in [0.4, 0.5) is 13.2 Å². The molecule has 3 heterocycles. The van der Waals surface area contributed by atoms with Crippen LogP contribution in [0.5, 0.6) is 0 Å². The normalized spacial score (nSPS) is 17.2. The van der Waals surface area contributed by atoms with Crippen LogP contribution in [0.15, 0.2) is 23.1 Å². The van der Waals surface area contributed by atoms with E-state index < -0.39 is 23.6 Å². The van der Waals surface area contributed by atoms with Crippen LogP contribution >= 0.6 is 0 Å². The lowest BCUT2D eigenvalue weighted by Gasteiger charge is -2.26. The molecule has 2 aromatic rings. The van der Waals surface area contributed by atoms with Gasteiger partial charge in [-0.3, -0.25) is 9.59 Å². The van der Waals surface area contributed by atoms with E-state index in [1.165, 1.54) is 22.9 Å². The van der Waals surface area contributed by atoms with E-state index in [0.717, 1.165) is 4.68 Å². The Balaban J connectivity index is 1.63. The molecule has 1 aliphatic rings. The molecule has 0 spiro atoms. The molecule has 0 aromatic carbocycles. The number of rotatable bonds is 4. The second kappa shape index (κ2) is 6.65. The molecule has 2 aromatic heterocycles. The van der Waals surface area contributed by atoms with E-state index in [2.05, 4.69) is 20.6 Å². The first-order chi connectivity index (χ1) is 11.8. The van der Waals surface area contributed by atoms with Gasteiger partial charge in [-0.25, -0.2) is 4.68 Å². The Morgan fingerprint density at radius 2 is 2.16 bits per heavy atom. The molecule has 0 radical (unpaired) electrons. The maximum Gasteiger partial charge on any atom is 0.393 e. The van der Waals surface area contributed by atoms with E-state index in [9.17, 15) is 22.8 Å². The Kier molecular flexibility index (Phi) is 4.55. The lowest BCUT2D eigenvalue weighted by atomic mass is 9.99. The summed E-state index contributed by atoms with van der Waals surface area (Å²) in [4.78, 5) is 23.4. The minimum Gasteiger partial charge on any atom is -0.347 e. The number of aryl methyl sites for hydroxylation is 1. The molecule has 0 unspecified atom stereocenters. The predicted octanol–water partition coefficient (Wildman–Crippen LogP) is 0.276. The van der Waals surface area contributed by atoms with Crippen molar-refractivity contribution in [2.24, 2.45) is 5.92 Å². The zero-order valence-electron chi connectivity index (χ0n) is 13.0. The van der Waals surface area contributed by atoms with Gasteiger partial charge in [0.05, 0.1) is 12.5 Å². The van der Waals surface area contributed by atoms with Crippen LogP contribution in [0.25, 0.3) is 0 Å². The summed E-state index contributed by atoms with van der Waals surface area (Å²) in [6.45, 7) is -0.611. The lowest BCUT2D eigenvalue weighted by molar-refractivity contribution is -0.182. The fraction of sp³-hybridized carbons (Fsp3) is 0.500. The van der Waals surface area contributed by atoms with Gasteiger partial charge in [0.25, 0.3) is 5.56 Å². The van der Waals surface area contributed by atoms with Gasteiger partial charge in [0, 0.05) is 25.2 Å². The molecule has 1 N–H and O–H groups in total. The maximum atomic E-state index is 12.9. The Hall–Kier alpha value is -2.72. The van der Waals surface area contributed by atoms with Crippen LogP contribution < -0.4 is 10.9 Å². The number of nitrogens with zero attached hydrogens (tertiary/aromatic N) is 5. The highest BCUT2D eigenvalue weighted by atomic mass is 19.4. The number of alkyl halides is 3. The molecule has 0 aliphatic carbocycles. The van der Waals surface area contributed by atoms with Crippen LogP contribution in [0.3, 0.4) is 0 Å². The predicted molar refractivity (Wildman–Crippen MR) is 78.2 cm³/mol. The standard InChI is InChI=1S/C14H15F3N6O2/c15-14(16,17)9-3-4-10-20-21-11(22(10)7-9)6-18-12(24)8-23-13(25)2-1-5-19-23/h1-2,5,9H,3-4,6-8H2,(H,18,24)/t9-/m1/s1. The number of amides is 1. The summed E-state index contributed by atoms with van der Waals surface area (Å²) in [5.41, 5.74) is -0.425. The first-order valence-electron chi connectivity index (χ1n) is 7.61. The van der Waals surface area contributed by atoms with E-state index >= 15 is 0 Å². The molecular formula is C14H15F3N6O2. The number of nitrogens with one attached hydrogen (secondary N) is 1. The third-order valence-corrected chi connectivity index (χ3v) is 4.01. The Bertz CT molecular complexity index is 828. The Labute approximate surface area is 139 Å². The van der Waals surface area contributed by atoms with Gasteiger partial charge in [0.2, 0.25) is 5.91 Å². The molecule has 25 heavy (non-hydrogen) atoms. The number of fused-ring (bicyclic) bond motifs is 1. The fourth-order valence-electron chi connectivity index (χ4n) is 2.66. The average Bonchev–Trinajstić information content (AvgIpc) is 2.96. The van der Waals surface area contributed by atoms with Crippen molar-refractivity contribution < 1.29 is 18.0 Å². The summed E-state index contributed by atoms with van der Waals surface area (Å²) >= 11 is 0. The molecule has 1 aliphatic heterocycles. The van der Waals surface area contributed by atoms with Crippen molar-refractivity contribution in [1.29, 1.82) is 0 Å². The van der Waals surface area contributed by atoms with Gasteiger partial charge < -0.3 is 9.88 Å². The maximum absolute atomic E-state index is 12.9. The molecule has 0 bridgehead atoms. The van der Waals surface area contributed by atoms with Crippen LogP contribution in [0.2, 0.25) is 0 Å². The van der Waals surface area contributed by atoms with Crippen molar-refractivity contribution in [2.45, 2.75) is 38.7 Å². The van der Waals surface area contributed by atoms with Crippen molar-refractivity contribution in [3.05, 3.63) is 40.3 Å². The van der Waals surface area contributed by atoms with Gasteiger partial charge in [-0.05, 0) is 12.5 Å². The van der Waals surface area contributed by atoms with Gasteiger partial charge in [0.15, 0.2) is 5.82 Å². The average molecular weight is 356 g/mol. The molecule has 0 fully saturated rings. The van der Waals surface area contributed by atoms with Crippen molar-refractivity contribution in [3.8, 4) is 0 Å².